The van der Waals surface area contributed by atoms with E-state index in [1.54, 1.807) is 0 Å². The van der Waals surface area contributed by atoms with Crippen molar-refractivity contribution in [1.29, 1.82) is 0 Å². The highest BCUT2D eigenvalue weighted by molar-refractivity contribution is 5.37. The van der Waals surface area contributed by atoms with Crippen LogP contribution in [-0.2, 0) is 59.6 Å². The number of carbonyl (C=O) groups is 1. The molecule has 5 unspecified atom stereocenters. The Balaban J connectivity index is 1.40. The van der Waals surface area contributed by atoms with Gasteiger partial charge in [0.1, 0.15) is 24.4 Å². The van der Waals surface area contributed by atoms with E-state index in [0.29, 0.717) is 26.3 Å². The van der Waals surface area contributed by atoms with Gasteiger partial charge >= 0.3 is 0 Å². The molecule has 1 aliphatic rings. The van der Waals surface area contributed by atoms with Gasteiger partial charge in [0, 0.05) is 0 Å². The molecule has 0 amide bonds. The lowest BCUT2D eigenvalue weighted by Crippen LogP contribution is -2.61. The van der Waals surface area contributed by atoms with Crippen LogP contribution in [0, 0.1) is 0 Å². The fraction of sp³-hybridized carbons (Fsp3) is 0.286. The Bertz CT molecular complexity index is 1300. The van der Waals surface area contributed by atoms with Gasteiger partial charge < -0.3 is 28.4 Å². The molecule has 0 saturated carbocycles. The summed E-state index contributed by atoms with van der Waals surface area (Å²) >= 11 is 0. The van der Waals surface area contributed by atoms with E-state index in [9.17, 15) is 4.79 Å². The summed E-state index contributed by atoms with van der Waals surface area (Å²) in [5.74, 6) is 0. The van der Waals surface area contributed by atoms with Gasteiger partial charge in [-0.2, -0.15) is 0 Å². The normalized spacial score (nSPS) is 22.0. The van der Waals surface area contributed by atoms with Gasteiger partial charge in [0.25, 0.3) is 6.47 Å². The summed E-state index contributed by atoms with van der Waals surface area (Å²) in [6.45, 7) is 1.90. The molecule has 4 aromatic rings. The van der Waals surface area contributed by atoms with E-state index in [4.69, 9.17) is 28.4 Å². The summed E-state index contributed by atoms with van der Waals surface area (Å²) in [5.41, 5.74) is 4.02. The van der Waals surface area contributed by atoms with Crippen molar-refractivity contribution >= 4 is 6.47 Å². The molecule has 1 fully saturated rings. The minimum Gasteiger partial charge on any atom is -0.435 e. The molecule has 42 heavy (non-hydrogen) atoms. The number of benzene rings is 4. The summed E-state index contributed by atoms with van der Waals surface area (Å²) in [7, 11) is 0. The summed E-state index contributed by atoms with van der Waals surface area (Å²) in [6.07, 6.45) is -3.60. The van der Waals surface area contributed by atoms with Crippen molar-refractivity contribution in [2.45, 2.75) is 57.1 Å². The maximum atomic E-state index is 11.6. The molecule has 0 aliphatic carbocycles. The highest BCUT2D eigenvalue weighted by atomic mass is 16.7. The second kappa shape index (κ2) is 16.0. The molecule has 0 aromatic heterocycles. The third kappa shape index (κ3) is 8.58. The van der Waals surface area contributed by atoms with Gasteiger partial charge in [-0.25, -0.2) is 0 Å². The molecule has 5 rings (SSSR count). The van der Waals surface area contributed by atoms with Crippen molar-refractivity contribution in [1.82, 2.24) is 0 Å². The molecule has 1 aliphatic heterocycles. The summed E-state index contributed by atoms with van der Waals surface area (Å²) in [5, 5.41) is 0. The van der Waals surface area contributed by atoms with Crippen LogP contribution in [0.5, 0.6) is 0 Å². The zero-order chi connectivity index (χ0) is 28.8. The summed E-state index contributed by atoms with van der Waals surface area (Å²) in [6, 6.07) is 39.5. The van der Waals surface area contributed by atoms with E-state index in [2.05, 4.69) is 0 Å². The molecule has 0 N–H and O–H groups in total. The Morgan fingerprint density at radius 2 is 0.929 bits per heavy atom. The Kier molecular flexibility index (Phi) is 11.3. The van der Waals surface area contributed by atoms with Crippen molar-refractivity contribution in [3.8, 4) is 0 Å². The maximum absolute atomic E-state index is 11.6. The molecule has 7 heteroatoms. The van der Waals surface area contributed by atoms with Crippen molar-refractivity contribution in [2.24, 2.45) is 0 Å². The number of ether oxygens (including phenoxy) is 6. The number of carbonyl (C=O) groups excluding carboxylic acids is 1. The van der Waals surface area contributed by atoms with Gasteiger partial charge in [-0.3, -0.25) is 4.79 Å². The van der Waals surface area contributed by atoms with E-state index in [1.165, 1.54) is 0 Å². The van der Waals surface area contributed by atoms with Crippen LogP contribution in [0.2, 0.25) is 0 Å². The Labute approximate surface area is 246 Å². The Hall–Kier alpha value is -3.85. The SMILES string of the molecule is O=COC1OC(COCc2ccccc2)C(OCc2ccccc2)C(OCc2ccccc2)C1OCc1ccccc1. The van der Waals surface area contributed by atoms with Crippen LogP contribution in [0.1, 0.15) is 22.3 Å². The van der Waals surface area contributed by atoms with Crippen LogP contribution in [-0.4, -0.2) is 43.8 Å². The van der Waals surface area contributed by atoms with Gasteiger partial charge in [0.15, 0.2) is 0 Å². The van der Waals surface area contributed by atoms with Crippen LogP contribution in [0.3, 0.4) is 0 Å². The van der Waals surface area contributed by atoms with Crippen LogP contribution in [0.25, 0.3) is 0 Å². The van der Waals surface area contributed by atoms with E-state index in [0.717, 1.165) is 22.3 Å². The van der Waals surface area contributed by atoms with E-state index < -0.39 is 30.7 Å². The number of hydrogen-bond donors (Lipinski definition) is 0. The summed E-state index contributed by atoms with van der Waals surface area (Å²) < 4.78 is 37.4. The molecule has 1 heterocycles. The molecule has 7 nitrogen and oxygen atoms in total. The van der Waals surface area contributed by atoms with Gasteiger partial charge in [0.05, 0.1) is 33.0 Å². The monoisotopic (exact) mass is 568 g/mol. The zero-order valence-corrected chi connectivity index (χ0v) is 23.4. The first kappa shape index (κ1) is 29.6. The lowest BCUT2D eigenvalue weighted by atomic mass is 9.97. The lowest BCUT2D eigenvalue weighted by molar-refractivity contribution is -0.317. The van der Waals surface area contributed by atoms with Crippen LogP contribution >= 0.6 is 0 Å². The van der Waals surface area contributed by atoms with E-state index in [-0.39, 0.29) is 13.2 Å². The number of hydrogen-bond acceptors (Lipinski definition) is 7. The molecule has 0 bridgehead atoms. The smallest absolute Gasteiger partial charge is 0.295 e. The van der Waals surface area contributed by atoms with Gasteiger partial charge in [0.2, 0.25) is 6.29 Å². The van der Waals surface area contributed by atoms with Gasteiger partial charge in [-0.15, -0.1) is 0 Å². The predicted molar refractivity (Wildman–Crippen MR) is 157 cm³/mol. The minimum absolute atomic E-state index is 0.198. The van der Waals surface area contributed by atoms with Crippen molar-refractivity contribution in [3.63, 3.8) is 0 Å². The molecule has 5 atom stereocenters. The Morgan fingerprint density at radius 1 is 0.524 bits per heavy atom. The van der Waals surface area contributed by atoms with Crippen LogP contribution in [0.4, 0.5) is 0 Å². The first-order valence-corrected chi connectivity index (χ1v) is 14.1. The lowest BCUT2D eigenvalue weighted by Gasteiger charge is -2.45. The molecule has 0 radical (unpaired) electrons. The topological polar surface area (TPSA) is 72.5 Å². The third-order valence-electron chi connectivity index (χ3n) is 7.03. The summed E-state index contributed by atoms with van der Waals surface area (Å²) in [4.78, 5) is 11.6. The average Bonchev–Trinajstić information content (AvgIpc) is 3.05. The molecule has 4 aromatic carbocycles. The Morgan fingerprint density at radius 3 is 1.38 bits per heavy atom. The average molecular weight is 569 g/mol. The fourth-order valence-corrected chi connectivity index (χ4v) is 4.91. The molecule has 0 spiro atoms. The third-order valence-corrected chi connectivity index (χ3v) is 7.03. The van der Waals surface area contributed by atoms with Crippen LogP contribution < -0.4 is 0 Å². The van der Waals surface area contributed by atoms with E-state index in [1.807, 2.05) is 121 Å². The molecular formula is C35H36O7. The van der Waals surface area contributed by atoms with E-state index >= 15 is 0 Å². The van der Waals surface area contributed by atoms with Crippen molar-refractivity contribution in [2.75, 3.05) is 6.61 Å². The minimum atomic E-state index is -1.02. The second-order valence-electron chi connectivity index (χ2n) is 10.1. The molecule has 218 valence electrons. The second-order valence-corrected chi connectivity index (χ2v) is 10.1. The molecule has 1 saturated heterocycles. The van der Waals surface area contributed by atoms with Crippen molar-refractivity contribution < 1.29 is 33.2 Å². The largest absolute Gasteiger partial charge is 0.435 e. The standard InChI is InChI=1S/C35H36O7/c36-26-41-35-34(40-24-30-19-11-4-12-20-30)33(39-23-29-17-9-3-10-18-29)32(38-22-28-15-7-2-8-16-28)31(42-35)25-37-21-27-13-5-1-6-14-27/h1-20,26,31-35H,21-25H2. The quantitative estimate of drug-likeness (QED) is 0.166. The number of rotatable bonds is 15. The molecular weight excluding hydrogens is 532 g/mol. The first-order chi connectivity index (χ1) is 20.8. The first-order valence-electron chi connectivity index (χ1n) is 14.1. The van der Waals surface area contributed by atoms with Gasteiger partial charge in [-0.05, 0) is 22.3 Å². The fourth-order valence-electron chi connectivity index (χ4n) is 4.91. The predicted octanol–water partition coefficient (Wildman–Crippen LogP) is 5.86. The van der Waals surface area contributed by atoms with Crippen molar-refractivity contribution in [3.05, 3.63) is 144 Å². The zero-order valence-electron chi connectivity index (χ0n) is 23.4. The van der Waals surface area contributed by atoms with Crippen LogP contribution in [0.15, 0.2) is 121 Å². The maximum Gasteiger partial charge on any atom is 0.295 e. The van der Waals surface area contributed by atoms with Gasteiger partial charge in [-0.1, -0.05) is 121 Å². The highest BCUT2D eigenvalue weighted by Crippen LogP contribution is 2.31. The highest BCUT2D eigenvalue weighted by Gasteiger charge is 2.49.